The van der Waals surface area contributed by atoms with Crippen LogP contribution in [0.3, 0.4) is 0 Å². The zero-order valence-corrected chi connectivity index (χ0v) is 14.6. The summed E-state index contributed by atoms with van der Waals surface area (Å²) in [5.74, 6) is -0.590. The molecule has 1 aromatic heterocycles. The van der Waals surface area contributed by atoms with Crippen LogP contribution < -0.4 is 4.90 Å². The summed E-state index contributed by atoms with van der Waals surface area (Å²) < 4.78 is 1.94. The number of benzene rings is 2. The zero-order chi connectivity index (χ0) is 18.3. The molecule has 1 aliphatic rings. The Bertz CT molecular complexity index is 1060. The van der Waals surface area contributed by atoms with Gasteiger partial charge in [0.05, 0.1) is 11.3 Å². The van der Waals surface area contributed by atoms with Crippen molar-refractivity contribution in [1.82, 2.24) is 4.57 Å². The second-order valence-electron chi connectivity index (χ2n) is 6.38. The standard InChI is InChI=1S/C22H18N2O2/c1-15-8-3-6-12-20(15)24-21(25)18-11-5-4-10-17(18)19(22(24)26)14-16-9-7-13-23(16)2/h3-14H,1-2H3/b19-14+. The number of rotatable bonds is 2. The second kappa shape index (κ2) is 6.15. The van der Waals surface area contributed by atoms with Gasteiger partial charge in [-0.2, -0.15) is 0 Å². The molecule has 2 aromatic carbocycles. The van der Waals surface area contributed by atoms with Crippen LogP contribution in [0.25, 0.3) is 11.6 Å². The first-order chi connectivity index (χ1) is 12.6. The van der Waals surface area contributed by atoms with Gasteiger partial charge in [-0.25, -0.2) is 4.90 Å². The van der Waals surface area contributed by atoms with Crippen molar-refractivity contribution in [1.29, 1.82) is 0 Å². The third kappa shape index (κ3) is 2.47. The molecule has 0 saturated carbocycles. The summed E-state index contributed by atoms with van der Waals surface area (Å²) in [6.07, 6.45) is 3.77. The highest BCUT2D eigenvalue weighted by Gasteiger charge is 2.36. The van der Waals surface area contributed by atoms with Gasteiger partial charge in [0.15, 0.2) is 0 Å². The summed E-state index contributed by atoms with van der Waals surface area (Å²) >= 11 is 0. The minimum Gasteiger partial charge on any atom is -0.351 e. The van der Waals surface area contributed by atoms with Crippen LogP contribution in [-0.2, 0) is 11.8 Å². The van der Waals surface area contributed by atoms with Gasteiger partial charge in [0.1, 0.15) is 0 Å². The number of amides is 2. The number of aromatic nitrogens is 1. The quantitative estimate of drug-likeness (QED) is 0.521. The molecule has 4 nitrogen and oxygen atoms in total. The van der Waals surface area contributed by atoms with Gasteiger partial charge in [0.25, 0.3) is 11.8 Å². The lowest BCUT2D eigenvalue weighted by molar-refractivity contribution is -0.112. The van der Waals surface area contributed by atoms with Crippen LogP contribution in [0.4, 0.5) is 5.69 Å². The largest absolute Gasteiger partial charge is 0.351 e. The summed E-state index contributed by atoms with van der Waals surface area (Å²) in [7, 11) is 1.93. The fraction of sp³-hybridized carbons (Fsp3) is 0.0909. The lowest BCUT2D eigenvalue weighted by Gasteiger charge is -2.29. The van der Waals surface area contributed by atoms with Gasteiger partial charge in [0, 0.05) is 30.1 Å². The Balaban J connectivity index is 1.95. The van der Waals surface area contributed by atoms with Crippen molar-refractivity contribution in [3.63, 3.8) is 0 Å². The summed E-state index contributed by atoms with van der Waals surface area (Å²) in [4.78, 5) is 27.7. The SMILES string of the molecule is Cc1ccccc1N1C(=O)/C(=C/c2cccn2C)c2ccccc2C1=O. The van der Waals surface area contributed by atoms with Crippen LogP contribution in [0.2, 0.25) is 0 Å². The molecule has 0 aliphatic carbocycles. The summed E-state index contributed by atoms with van der Waals surface area (Å²) in [6, 6.07) is 18.6. The fourth-order valence-corrected chi connectivity index (χ4v) is 3.30. The van der Waals surface area contributed by atoms with Crippen LogP contribution in [0.5, 0.6) is 0 Å². The molecule has 0 atom stereocenters. The molecule has 1 aliphatic heterocycles. The number of carbonyl (C=O) groups is 2. The van der Waals surface area contributed by atoms with Crippen LogP contribution in [0.1, 0.15) is 27.2 Å². The minimum absolute atomic E-state index is 0.288. The van der Waals surface area contributed by atoms with Gasteiger partial charge < -0.3 is 4.57 Å². The molecule has 26 heavy (non-hydrogen) atoms. The molecule has 3 aromatic rings. The van der Waals surface area contributed by atoms with Crippen LogP contribution in [0.15, 0.2) is 66.9 Å². The number of carbonyl (C=O) groups excluding carboxylic acids is 2. The first kappa shape index (κ1) is 16.1. The average molecular weight is 342 g/mol. The smallest absolute Gasteiger partial charge is 0.266 e. The zero-order valence-electron chi connectivity index (χ0n) is 14.6. The number of para-hydroxylation sites is 1. The van der Waals surface area contributed by atoms with Crippen molar-refractivity contribution in [2.24, 2.45) is 7.05 Å². The third-order valence-electron chi connectivity index (χ3n) is 4.72. The van der Waals surface area contributed by atoms with Crippen LogP contribution >= 0.6 is 0 Å². The number of fused-ring (bicyclic) bond motifs is 1. The van der Waals surface area contributed by atoms with E-state index in [2.05, 4.69) is 0 Å². The van der Waals surface area contributed by atoms with Crippen molar-refractivity contribution in [2.75, 3.05) is 4.90 Å². The predicted octanol–water partition coefficient (Wildman–Crippen LogP) is 4.06. The molecule has 0 spiro atoms. The van der Waals surface area contributed by atoms with E-state index in [0.717, 1.165) is 11.3 Å². The van der Waals surface area contributed by atoms with Crippen molar-refractivity contribution < 1.29 is 9.59 Å². The first-order valence-electron chi connectivity index (χ1n) is 8.45. The molecule has 0 radical (unpaired) electrons. The van der Waals surface area contributed by atoms with Crippen LogP contribution in [-0.4, -0.2) is 16.4 Å². The molecular weight excluding hydrogens is 324 g/mol. The summed E-state index contributed by atoms with van der Waals surface area (Å²) in [6.45, 7) is 1.90. The molecule has 2 amide bonds. The Hall–Kier alpha value is -3.40. The molecule has 2 heterocycles. The van der Waals surface area contributed by atoms with Gasteiger partial charge in [-0.15, -0.1) is 0 Å². The van der Waals surface area contributed by atoms with Crippen molar-refractivity contribution in [2.45, 2.75) is 6.92 Å². The minimum atomic E-state index is -0.302. The predicted molar refractivity (Wildman–Crippen MR) is 103 cm³/mol. The van der Waals surface area contributed by atoms with E-state index in [4.69, 9.17) is 0 Å². The number of imide groups is 1. The monoisotopic (exact) mass is 342 g/mol. The first-order valence-corrected chi connectivity index (χ1v) is 8.45. The van der Waals surface area contributed by atoms with Gasteiger partial charge in [-0.3, -0.25) is 9.59 Å². The van der Waals surface area contributed by atoms with E-state index in [1.807, 2.05) is 79.3 Å². The normalized spacial score (nSPS) is 15.5. The third-order valence-corrected chi connectivity index (χ3v) is 4.72. The number of hydrogen-bond acceptors (Lipinski definition) is 2. The Morgan fingerprint density at radius 3 is 2.19 bits per heavy atom. The van der Waals surface area contributed by atoms with E-state index >= 15 is 0 Å². The molecule has 4 rings (SSSR count). The van der Waals surface area contributed by atoms with Crippen molar-refractivity contribution in [3.05, 3.63) is 89.2 Å². The number of hydrogen-bond donors (Lipinski definition) is 0. The average Bonchev–Trinajstić information content (AvgIpc) is 3.05. The van der Waals surface area contributed by atoms with Crippen molar-refractivity contribution in [3.8, 4) is 0 Å². The number of aryl methyl sites for hydroxylation is 2. The van der Waals surface area contributed by atoms with Gasteiger partial charge >= 0.3 is 0 Å². The van der Waals surface area contributed by atoms with Crippen molar-refractivity contribution >= 4 is 29.2 Å². The lowest BCUT2D eigenvalue weighted by Crippen LogP contribution is -2.42. The highest BCUT2D eigenvalue weighted by molar-refractivity contribution is 6.43. The molecule has 0 fully saturated rings. The van der Waals surface area contributed by atoms with Gasteiger partial charge in [-0.1, -0.05) is 36.4 Å². The van der Waals surface area contributed by atoms with E-state index in [0.29, 0.717) is 22.4 Å². The summed E-state index contributed by atoms with van der Waals surface area (Å²) in [5.41, 5.74) is 4.14. The second-order valence-corrected chi connectivity index (χ2v) is 6.38. The molecule has 0 saturated heterocycles. The molecule has 0 bridgehead atoms. The Morgan fingerprint density at radius 2 is 1.50 bits per heavy atom. The molecule has 4 heteroatoms. The molecule has 0 N–H and O–H groups in total. The Morgan fingerprint density at radius 1 is 0.808 bits per heavy atom. The lowest BCUT2D eigenvalue weighted by atomic mass is 9.92. The Kier molecular flexibility index (Phi) is 3.81. The van der Waals surface area contributed by atoms with Gasteiger partial charge in [-0.05, 0) is 42.8 Å². The highest BCUT2D eigenvalue weighted by Crippen LogP contribution is 2.34. The molecular formula is C22H18N2O2. The highest BCUT2D eigenvalue weighted by atomic mass is 16.2. The molecule has 128 valence electrons. The fourth-order valence-electron chi connectivity index (χ4n) is 3.30. The maximum atomic E-state index is 13.3. The number of anilines is 1. The molecule has 0 unspecified atom stereocenters. The van der Waals surface area contributed by atoms with Gasteiger partial charge in [0.2, 0.25) is 0 Å². The van der Waals surface area contributed by atoms with E-state index in [1.165, 1.54) is 4.90 Å². The maximum Gasteiger partial charge on any atom is 0.266 e. The topological polar surface area (TPSA) is 42.3 Å². The van der Waals surface area contributed by atoms with Crippen LogP contribution in [0, 0.1) is 6.92 Å². The maximum absolute atomic E-state index is 13.3. The summed E-state index contributed by atoms with van der Waals surface area (Å²) in [5, 5.41) is 0. The van der Waals surface area contributed by atoms with E-state index in [-0.39, 0.29) is 11.8 Å². The Labute approximate surface area is 152 Å². The van der Waals surface area contributed by atoms with E-state index in [1.54, 1.807) is 12.1 Å². The number of nitrogens with zero attached hydrogens (tertiary/aromatic N) is 2. The van der Waals surface area contributed by atoms with E-state index < -0.39 is 0 Å². The van der Waals surface area contributed by atoms with E-state index in [9.17, 15) is 9.59 Å².